The molecule has 5 nitrogen and oxygen atoms in total. The van der Waals surface area contributed by atoms with E-state index in [1.54, 1.807) is 16.9 Å². The van der Waals surface area contributed by atoms with E-state index in [2.05, 4.69) is 22.0 Å². The molecule has 1 aliphatic heterocycles. The van der Waals surface area contributed by atoms with E-state index in [-0.39, 0.29) is 5.56 Å². The Bertz CT molecular complexity index is 1020. The number of hydrogen-bond donors (Lipinski definition) is 0. The van der Waals surface area contributed by atoms with Crippen LogP contribution < -0.4 is 5.56 Å². The van der Waals surface area contributed by atoms with Crippen molar-refractivity contribution in [2.24, 2.45) is 0 Å². The Hall–Kier alpha value is -2.24. The molecule has 1 saturated heterocycles. The van der Waals surface area contributed by atoms with Gasteiger partial charge in [0.1, 0.15) is 11.2 Å². The van der Waals surface area contributed by atoms with E-state index in [1.807, 2.05) is 30.3 Å². The van der Waals surface area contributed by atoms with Gasteiger partial charge in [-0.25, -0.2) is 4.68 Å². The first-order valence-corrected chi connectivity index (χ1v) is 9.83. The highest BCUT2D eigenvalue weighted by atomic mass is 35.5. The minimum absolute atomic E-state index is 0.0812. The lowest BCUT2D eigenvalue weighted by molar-refractivity contribution is 0.169. The highest BCUT2D eigenvalue weighted by molar-refractivity contribution is 6.30. The van der Waals surface area contributed by atoms with Gasteiger partial charge in [-0.3, -0.25) is 9.78 Å². The maximum Gasteiger partial charge on any atom is 0.276 e. The van der Waals surface area contributed by atoms with E-state index in [1.165, 1.54) is 19.3 Å². The molecule has 27 heavy (non-hydrogen) atoms. The summed E-state index contributed by atoms with van der Waals surface area (Å²) in [4.78, 5) is 19.8. The molecule has 0 radical (unpaired) electrons. The van der Waals surface area contributed by atoms with Gasteiger partial charge >= 0.3 is 0 Å². The third kappa shape index (κ3) is 3.75. The normalized spacial score (nSPS) is 18.1. The van der Waals surface area contributed by atoms with Gasteiger partial charge in [-0.2, -0.15) is 5.10 Å². The first kappa shape index (κ1) is 18.1. The number of likely N-dealkylation sites (tertiary alicyclic amines) is 1. The van der Waals surface area contributed by atoms with Crippen molar-refractivity contribution in [1.82, 2.24) is 19.7 Å². The predicted octanol–water partition coefficient (Wildman–Crippen LogP) is 3.99. The van der Waals surface area contributed by atoms with Gasteiger partial charge in [-0.05, 0) is 57.1 Å². The van der Waals surface area contributed by atoms with Gasteiger partial charge in [0.15, 0.2) is 0 Å². The molecule has 0 saturated carbocycles. The zero-order chi connectivity index (χ0) is 18.8. The third-order valence-corrected chi connectivity index (χ3v) is 5.65. The fourth-order valence-corrected chi connectivity index (χ4v) is 4.07. The van der Waals surface area contributed by atoms with E-state index < -0.39 is 0 Å². The van der Waals surface area contributed by atoms with Gasteiger partial charge in [0.25, 0.3) is 5.56 Å². The van der Waals surface area contributed by atoms with Crippen LogP contribution in [0.1, 0.15) is 25.7 Å². The second-order valence-corrected chi connectivity index (χ2v) is 7.64. The Morgan fingerprint density at radius 2 is 2.11 bits per heavy atom. The van der Waals surface area contributed by atoms with Crippen LogP contribution in [0.15, 0.2) is 47.4 Å². The van der Waals surface area contributed by atoms with Crippen molar-refractivity contribution in [3.8, 4) is 11.3 Å². The van der Waals surface area contributed by atoms with Crippen LogP contribution in [0.3, 0.4) is 0 Å². The van der Waals surface area contributed by atoms with Gasteiger partial charge in [-0.1, -0.05) is 30.2 Å². The standard InChI is InChI=1S/C21H23ClN4O/c1-25-12-3-2-8-17(25)10-13-26-21(27)18-9-5-11-23-20(18)19(24-26)15-6-4-7-16(22)14-15/h4-7,9,11,14,17H,2-3,8,10,12-13H2,1H3. The molecule has 0 aliphatic carbocycles. The molecule has 1 aliphatic rings. The Labute approximate surface area is 163 Å². The number of fused-ring (bicyclic) bond motifs is 1. The summed E-state index contributed by atoms with van der Waals surface area (Å²) >= 11 is 6.17. The molecule has 1 aromatic carbocycles. The lowest BCUT2D eigenvalue weighted by Crippen LogP contribution is -2.38. The molecule has 0 bridgehead atoms. The fraction of sp³-hybridized carbons (Fsp3) is 0.381. The molecular weight excluding hydrogens is 360 g/mol. The van der Waals surface area contributed by atoms with Gasteiger partial charge in [0.2, 0.25) is 0 Å². The SMILES string of the molecule is CN1CCCCC1CCn1nc(-c2cccc(Cl)c2)c2ncccc2c1=O. The average Bonchev–Trinajstić information content (AvgIpc) is 2.69. The van der Waals surface area contributed by atoms with Crippen molar-refractivity contribution in [1.29, 1.82) is 0 Å². The van der Waals surface area contributed by atoms with Crippen molar-refractivity contribution >= 4 is 22.5 Å². The maximum absolute atomic E-state index is 13.0. The molecule has 0 spiro atoms. The van der Waals surface area contributed by atoms with E-state index in [0.29, 0.717) is 34.2 Å². The van der Waals surface area contributed by atoms with Crippen LogP contribution in [0, 0.1) is 0 Å². The summed E-state index contributed by atoms with van der Waals surface area (Å²) in [5, 5.41) is 5.92. The smallest absolute Gasteiger partial charge is 0.276 e. The second kappa shape index (κ2) is 7.79. The molecule has 1 fully saturated rings. The Kier molecular flexibility index (Phi) is 5.23. The number of piperidine rings is 1. The topological polar surface area (TPSA) is 51.0 Å². The highest BCUT2D eigenvalue weighted by Gasteiger charge is 2.20. The minimum Gasteiger partial charge on any atom is -0.303 e. The van der Waals surface area contributed by atoms with Crippen molar-refractivity contribution in [3.05, 3.63) is 58.0 Å². The lowest BCUT2D eigenvalue weighted by Gasteiger charge is -2.32. The average molecular weight is 383 g/mol. The highest BCUT2D eigenvalue weighted by Crippen LogP contribution is 2.25. The first-order chi connectivity index (χ1) is 13.1. The zero-order valence-corrected chi connectivity index (χ0v) is 16.2. The monoisotopic (exact) mass is 382 g/mol. The number of aryl methyl sites for hydroxylation is 1. The zero-order valence-electron chi connectivity index (χ0n) is 15.4. The molecule has 6 heteroatoms. The van der Waals surface area contributed by atoms with Crippen LogP contribution in [0.4, 0.5) is 0 Å². The van der Waals surface area contributed by atoms with E-state index in [0.717, 1.165) is 18.5 Å². The van der Waals surface area contributed by atoms with Gasteiger partial charge in [-0.15, -0.1) is 0 Å². The van der Waals surface area contributed by atoms with Crippen LogP contribution in [-0.4, -0.2) is 39.3 Å². The van der Waals surface area contributed by atoms with E-state index in [9.17, 15) is 4.79 Å². The maximum atomic E-state index is 13.0. The van der Waals surface area contributed by atoms with Gasteiger partial charge in [0.05, 0.1) is 5.39 Å². The summed E-state index contributed by atoms with van der Waals surface area (Å²) in [6, 6.07) is 11.7. The number of nitrogens with zero attached hydrogens (tertiary/aromatic N) is 4. The molecule has 1 atom stereocenters. The van der Waals surface area contributed by atoms with Crippen LogP contribution in [0.5, 0.6) is 0 Å². The number of rotatable bonds is 4. The van der Waals surface area contributed by atoms with Crippen LogP contribution in [0.2, 0.25) is 5.02 Å². The molecule has 140 valence electrons. The van der Waals surface area contributed by atoms with Crippen molar-refractivity contribution in [2.75, 3.05) is 13.6 Å². The van der Waals surface area contributed by atoms with Crippen LogP contribution in [-0.2, 0) is 6.54 Å². The molecule has 0 N–H and O–H groups in total. The summed E-state index contributed by atoms with van der Waals surface area (Å²) in [7, 11) is 2.17. The number of benzene rings is 1. The molecule has 0 amide bonds. The quantitative estimate of drug-likeness (QED) is 0.684. The Balaban J connectivity index is 1.75. The summed E-state index contributed by atoms with van der Waals surface area (Å²) in [6.45, 7) is 1.73. The van der Waals surface area contributed by atoms with Crippen molar-refractivity contribution in [2.45, 2.75) is 38.3 Å². The van der Waals surface area contributed by atoms with Gasteiger partial charge < -0.3 is 4.90 Å². The van der Waals surface area contributed by atoms with Crippen LogP contribution >= 0.6 is 11.6 Å². The molecular formula is C21H23ClN4O. The molecule has 3 aromatic rings. The molecule has 2 aromatic heterocycles. The largest absolute Gasteiger partial charge is 0.303 e. The molecule has 3 heterocycles. The molecule has 1 unspecified atom stereocenters. The van der Waals surface area contributed by atoms with Crippen LogP contribution in [0.25, 0.3) is 22.2 Å². The van der Waals surface area contributed by atoms with Crippen molar-refractivity contribution < 1.29 is 0 Å². The summed E-state index contributed by atoms with van der Waals surface area (Å²) in [5.74, 6) is 0. The second-order valence-electron chi connectivity index (χ2n) is 7.21. The minimum atomic E-state index is -0.0812. The Morgan fingerprint density at radius 1 is 1.22 bits per heavy atom. The Morgan fingerprint density at radius 3 is 2.93 bits per heavy atom. The van der Waals surface area contributed by atoms with Crippen molar-refractivity contribution in [3.63, 3.8) is 0 Å². The summed E-state index contributed by atoms with van der Waals surface area (Å²) in [5.41, 5.74) is 2.11. The van der Waals surface area contributed by atoms with E-state index >= 15 is 0 Å². The van der Waals surface area contributed by atoms with E-state index in [4.69, 9.17) is 11.6 Å². The number of pyridine rings is 1. The number of aromatic nitrogens is 3. The first-order valence-electron chi connectivity index (χ1n) is 9.45. The lowest BCUT2D eigenvalue weighted by atomic mass is 10.0. The number of hydrogen-bond acceptors (Lipinski definition) is 4. The number of halogens is 1. The summed E-state index contributed by atoms with van der Waals surface area (Å²) < 4.78 is 1.60. The fourth-order valence-electron chi connectivity index (χ4n) is 3.88. The predicted molar refractivity (Wildman–Crippen MR) is 109 cm³/mol. The van der Waals surface area contributed by atoms with Gasteiger partial charge in [0, 0.05) is 29.4 Å². The molecule has 4 rings (SSSR count). The third-order valence-electron chi connectivity index (χ3n) is 5.41. The summed E-state index contributed by atoms with van der Waals surface area (Å²) in [6.07, 6.45) is 6.31.